The summed E-state index contributed by atoms with van der Waals surface area (Å²) >= 11 is 0. The van der Waals surface area contributed by atoms with Crippen LogP contribution in [-0.4, -0.2) is 32.4 Å². The van der Waals surface area contributed by atoms with Crippen molar-refractivity contribution in [2.24, 2.45) is 0 Å². The van der Waals surface area contributed by atoms with Gasteiger partial charge in [0.1, 0.15) is 24.5 Å². The molecule has 0 aliphatic heterocycles. The molecule has 0 radical (unpaired) electrons. The number of para-hydroxylation sites is 1. The summed E-state index contributed by atoms with van der Waals surface area (Å²) in [7, 11) is 0. The highest BCUT2D eigenvalue weighted by molar-refractivity contribution is 5.86. The van der Waals surface area contributed by atoms with Crippen molar-refractivity contribution in [2.75, 3.05) is 26.4 Å². The number of carbonyl (C=O) groups is 1. The minimum absolute atomic E-state index is 0.156. The number of hydrogen-bond donors (Lipinski definition) is 0. The molecule has 1 aromatic carbocycles. The average molecular weight is 318 g/mol. The summed E-state index contributed by atoms with van der Waals surface area (Å²) in [6.07, 6.45) is 0. The maximum absolute atomic E-state index is 11.5. The molecule has 0 atom stereocenters. The van der Waals surface area contributed by atoms with E-state index in [-0.39, 0.29) is 19.8 Å². The zero-order chi connectivity index (χ0) is 16.7. The number of esters is 1. The number of hydrogen-bond acceptors (Lipinski definition) is 6. The lowest BCUT2D eigenvalue weighted by atomic mass is 10.2. The van der Waals surface area contributed by atoms with Gasteiger partial charge in [0.15, 0.2) is 0 Å². The lowest BCUT2D eigenvalue weighted by Gasteiger charge is -2.09. The Morgan fingerprint density at radius 3 is 2.70 bits per heavy atom. The Bertz CT molecular complexity index is 746. The molecule has 6 heteroatoms. The Kier molecular flexibility index (Phi) is 5.94. The Labute approximate surface area is 133 Å². The van der Waals surface area contributed by atoms with Crippen LogP contribution in [0.3, 0.4) is 0 Å². The van der Waals surface area contributed by atoms with Crippen molar-refractivity contribution in [3.05, 3.63) is 52.9 Å². The summed E-state index contributed by atoms with van der Waals surface area (Å²) in [5.74, 6) is 0.0153. The first kappa shape index (κ1) is 16.8. The van der Waals surface area contributed by atoms with E-state index in [1.54, 1.807) is 19.1 Å². The number of ether oxygens (including phenoxy) is 3. The molecule has 0 aliphatic carbocycles. The van der Waals surface area contributed by atoms with Crippen LogP contribution in [0.5, 0.6) is 5.75 Å². The van der Waals surface area contributed by atoms with Crippen LogP contribution in [-0.2, 0) is 14.3 Å². The highest BCUT2D eigenvalue weighted by Crippen LogP contribution is 2.22. The van der Waals surface area contributed by atoms with Crippen LogP contribution in [0.4, 0.5) is 0 Å². The maximum atomic E-state index is 11.5. The van der Waals surface area contributed by atoms with Gasteiger partial charge in [-0.05, 0) is 19.1 Å². The number of fused-ring (bicyclic) bond motifs is 1. The molecule has 6 nitrogen and oxygen atoms in total. The number of rotatable bonds is 8. The predicted octanol–water partition coefficient (Wildman–Crippen LogP) is 2.31. The van der Waals surface area contributed by atoms with Gasteiger partial charge in [0, 0.05) is 5.57 Å². The Balaban J connectivity index is 1.76. The van der Waals surface area contributed by atoms with Crippen molar-refractivity contribution in [2.45, 2.75) is 6.92 Å². The molecule has 2 rings (SSSR count). The van der Waals surface area contributed by atoms with E-state index in [2.05, 4.69) is 6.58 Å². The molecule has 23 heavy (non-hydrogen) atoms. The minimum atomic E-state index is -0.466. The van der Waals surface area contributed by atoms with Crippen molar-refractivity contribution in [1.82, 2.24) is 0 Å². The fourth-order valence-electron chi connectivity index (χ4n) is 1.83. The first-order valence-corrected chi connectivity index (χ1v) is 7.14. The summed E-state index contributed by atoms with van der Waals surface area (Å²) in [5.41, 5.74) is 0.358. The Morgan fingerprint density at radius 1 is 1.17 bits per heavy atom. The molecule has 0 saturated heterocycles. The molecule has 0 bridgehead atoms. The van der Waals surface area contributed by atoms with E-state index in [0.29, 0.717) is 23.5 Å². The third-order valence-corrected chi connectivity index (χ3v) is 2.91. The van der Waals surface area contributed by atoms with Gasteiger partial charge in [-0.25, -0.2) is 9.59 Å². The van der Waals surface area contributed by atoms with Crippen molar-refractivity contribution >= 4 is 16.9 Å². The quantitative estimate of drug-likeness (QED) is 0.322. The van der Waals surface area contributed by atoms with E-state index in [4.69, 9.17) is 18.6 Å². The molecule has 0 N–H and O–H groups in total. The SMILES string of the molecule is C=C(C)C(=O)OCCOCCOc1cc(=O)oc2ccccc12. The van der Waals surface area contributed by atoms with Crippen molar-refractivity contribution in [3.8, 4) is 5.75 Å². The first-order chi connectivity index (χ1) is 11.1. The van der Waals surface area contributed by atoms with Gasteiger partial charge in [-0.15, -0.1) is 0 Å². The van der Waals surface area contributed by atoms with E-state index in [1.807, 2.05) is 12.1 Å². The standard InChI is InChI=1S/C17H18O6/c1-12(2)17(19)22-10-8-20-7-9-21-15-11-16(18)23-14-6-4-3-5-13(14)15/h3-6,11H,1,7-10H2,2H3. The van der Waals surface area contributed by atoms with Gasteiger partial charge in [0.05, 0.1) is 24.7 Å². The first-order valence-electron chi connectivity index (χ1n) is 7.14. The molecule has 0 spiro atoms. The van der Waals surface area contributed by atoms with Crippen LogP contribution >= 0.6 is 0 Å². The van der Waals surface area contributed by atoms with Gasteiger partial charge in [-0.3, -0.25) is 0 Å². The summed E-state index contributed by atoms with van der Waals surface area (Å²) in [5, 5.41) is 0.725. The van der Waals surface area contributed by atoms with Gasteiger partial charge < -0.3 is 18.6 Å². The normalized spacial score (nSPS) is 10.5. The Morgan fingerprint density at radius 2 is 1.91 bits per heavy atom. The van der Waals surface area contributed by atoms with Gasteiger partial charge in [0.25, 0.3) is 0 Å². The lowest BCUT2D eigenvalue weighted by molar-refractivity contribution is -0.140. The molecule has 1 heterocycles. The smallest absolute Gasteiger partial charge is 0.339 e. The molecule has 0 fully saturated rings. The molecule has 0 saturated carbocycles. The second-order valence-electron chi connectivity index (χ2n) is 4.80. The number of benzene rings is 1. The summed E-state index contributed by atoms with van der Waals surface area (Å²) in [6, 6.07) is 8.44. The van der Waals surface area contributed by atoms with Crippen molar-refractivity contribution in [3.63, 3.8) is 0 Å². The van der Waals surface area contributed by atoms with E-state index < -0.39 is 11.6 Å². The molecular formula is C17H18O6. The third-order valence-electron chi connectivity index (χ3n) is 2.91. The topological polar surface area (TPSA) is 75.0 Å². The molecule has 0 unspecified atom stereocenters. The highest BCUT2D eigenvalue weighted by Gasteiger charge is 2.06. The Hall–Kier alpha value is -2.60. The fraction of sp³-hybridized carbons (Fsp3) is 0.294. The van der Waals surface area contributed by atoms with Crippen molar-refractivity contribution < 1.29 is 23.4 Å². The van der Waals surface area contributed by atoms with Crippen molar-refractivity contribution in [1.29, 1.82) is 0 Å². The van der Waals surface area contributed by atoms with Gasteiger partial charge in [-0.1, -0.05) is 18.7 Å². The molecule has 2 aromatic rings. The molecule has 0 aliphatic rings. The van der Waals surface area contributed by atoms with Crippen LogP contribution in [0.15, 0.2) is 51.7 Å². The molecular weight excluding hydrogens is 300 g/mol. The fourth-order valence-corrected chi connectivity index (χ4v) is 1.83. The summed E-state index contributed by atoms with van der Waals surface area (Å²) in [6.45, 7) is 6.05. The van der Waals surface area contributed by atoms with Gasteiger partial charge in [0.2, 0.25) is 0 Å². The van der Waals surface area contributed by atoms with Gasteiger partial charge >= 0.3 is 11.6 Å². The maximum Gasteiger partial charge on any atom is 0.339 e. The molecule has 122 valence electrons. The van der Waals surface area contributed by atoms with E-state index in [9.17, 15) is 9.59 Å². The average Bonchev–Trinajstić information content (AvgIpc) is 2.53. The van der Waals surface area contributed by atoms with Crippen LogP contribution in [0.2, 0.25) is 0 Å². The van der Waals surface area contributed by atoms with Crippen LogP contribution < -0.4 is 10.4 Å². The van der Waals surface area contributed by atoms with E-state index in [1.165, 1.54) is 6.07 Å². The zero-order valence-electron chi connectivity index (χ0n) is 12.9. The summed E-state index contributed by atoms with van der Waals surface area (Å²) < 4.78 is 20.8. The molecule has 0 amide bonds. The van der Waals surface area contributed by atoms with Gasteiger partial charge in [-0.2, -0.15) is 0 Å². The number of carbonyl (C=O) groups excluding carboxylic acids is 1. The highest BCUT2D eigenvalue weighted by atomic mass is 16.6. The van der Waals surface area contributed by atoms with Crippen LogP contribution in [0, 0.1) is 0 Å². The molecule has 1 aromatic heterocycles. The zero-order valence-corrected chi connectivity index (χ0v) is 12.9. The lowest BCUT2D eigenvalue weighted by Crippen LogP contribution is -2.14. The largest absolute Gasteiger partial charge is 0.490 e. The van der Waals surface area contributed by atoms with Crippen LogP contribution in [0.25, 0.3) is 11.0 Å². The third kappa shape index (κ3) is 4.96. The second kappa shape index (κ2) is 8.14. The van der Waals surface area contributed by atoms with Crippen LogP contribution in [0.1, 0.15) is 6.92 Å². The second-order valence-corrected chi connectivity index (χ2v) is 4.80. The summed E-state index contributed by atoms with van der Waals surface area (Å²) in [4.78, 5) is 22.6. The minimum Gasteiger partial charge on any atom is -0.490 e. The monoisotopic (exact) mass is 318 g/mol. The van der Waals surface area contributed by atoms with E-state index in [0.717, 1.165) is 5.39 Å². The predicted molar refractivity (Wildman–Crippen MR) is 84.6 cm³/mol. The van der Waals surface area contributed by atoms with E-state index >= 15 is 0 Å².